The van der Waals surface area contributed by atoms with E-state index in [0.29, 0.717) is 30.4 Å². The largest absolute Gasteiger partial charge is 0.462 e. The zero-order valence-electron chi connectivity index (χ0n) is 11.1. The lowest BCUT2D eigenvalue weighted by Crippen LogP contribution is -2.11. The summed E-state index contributed by atoms with van der Waals surface area (Å²) in [6, 6.07) is 2.00. The third kappa shape index (κ3) is 3.55. The van der Waals surface area contributed by atoms with Gasteiger partial charge in [-0.25, -0.2) is 14.8 Å². The number of esters is 1. The Labute approximate surface area is 129 Å². The summed E-state index contributed by atoms with van der Waals surface area (Å²) in [6.45, 7) is 4.50. The number of hydrogen-bond donors (Lipinski definition) is 1. The number of thiophene rings is 1. The molecule has 0 radical (unpaired) electrons. The number of hydrogen-bond acceptors (Lipinski definition) is 6. The van der Waals surface area contributed by atoms with Gasteiger partial charge in [-0.15, -0.1) is 11.3 Å². The van der Waals surface area contributed by atoms with E-state index in [-0.39, 0.29) is 0 Å². The fraction of sp³-hybridized carbons (Fsp3) is 0.308. The van der Waals surface area contributed by atoms with E-state index in [1.165, 1.54) is 11.1 Å². The van der Waals surface area contributed by atoms with Crippen LogP contribution in [0.2, 0.25) is 0 Å². The van der Waals surface area contributed by atoms with Gasteiger partial charge in [-0.3, -0.25) is 0 Å². The average Bonchev–Trinajstić information content (AvgIpc) is 2.82. The van der Waals surface area contributed by atoms with Gasteiger partial charge in [-0.2, -0.15) is 0 Å². The van der Waals surface area contributed by atoms with Crippen molar-refractivity contribution in [2.24, 2.45) is 0 Å². The highest BCUT2D eigenvalue weighted by Gasteiger charge is 2.12. The number of ether oxygens (including phenoxy) is 1. The van der Waals surface area contributed by atoms with E-state index in [9.17, 15) is 4.79 Å². The summed E-state index contributed by atoms with van der Waals surface area (Å²) in [5, 5.41) is 5.14. The van der Waals surface area contributed by atoms with Crippen LogP contribution in [-0.2, 0) is 11.3 Å². The fourth-order valence-corrected chi connectivity index (χ4v) is 3.00. The number of carbonyl (C=O) groups is 1. The zero-order valence-corrected chi connectivity index (χ0v) is 13.5. The van der Waals surface area contributed by atoms with E-state index in [1.54, 1.807) is 25.2 Å². The van der Waals surface area contributed by atoms with Crippen molar-refractivity contribution in [2.45, 2.75) is 20.4 Å². The Kier molecular flexibility index (Phi) is 5.08. The van der Waals surface area contributed by atoms with Crippen LogP contribution >= 0.6 is 27.3 Å². The summed E-state index contributed by atoms with van der Waals surface area (Å²) in [5.74, 6) is 0.105. The van der Waals surface area contributed by atoms with Crippen LogP contribution in [0.3, 0.4) is 0 Å². The van der Waals surface area contributed by atoms with Gasteiger partial charge >= 0.3 is 5.97 Å². The van der Waals surface area contributed by atoms with Crippen LogP contribution in [0, 0.1) is 6.92 Å². The van der Waals surface area contributed by atoms with Crippen molar-refractivity contribution < 1.29 is 9.53 Å². The maximum Gasteiger partial charge on any atom is 0.341 e. The van der Waals surface area contributed by atoms with Crippen molar-refractivity contribution >= 4 is 39.2 Å². The topological polar surface area (TPSA) is 64.1 Å². The molecule has 2 heterocycles. The first-order chi connectivity index (χ1) is 9.61. The average molecular weight is 356 g/mol. The highest BCUT2D eigenvalue weighted by molar-refractivity contribution is 9.10. The SMILES string of the molecule is CCOC(=O)c1cnc(NCc2sccc2Br)nc1C. The fourth-order valence-electron chi connectivity index (χ4n) is 1.57. The molecule has 0 aromatic carbocycles. The van der Waals surface area contributed by atoms with Gasteiger partial charge in [0.1, 0.15) is 0 Å². The predicted octanol–water partition coefficient (Wildman–Crippen LogP) is 3.40. The standard InChI is InChI=1S/C13H14BrN3O2S/c1-3-19-12(18)9-6-15-13(17-8(9)2)16-7-11-10(14)4-5-20-11/h4-6H,3,7H2,1-2H3,(H,15,16,17). The lowest BCUT2D eigenvalue weighted by molar-refractivity contribution is 0.0524. The lowest BCUT2D eigenvalue weighted by atomic mass is 10.2. The third-order valence-electron chi connectivity index (χ3n) is 2.57. The van der Waals surface area contributed by atoms with Crippen LogP contribution < -0.4 is 5.32 Å². The number of nitrogens with zero attached hydrogens (tertiary/aromatic N) is 2. The van der Waals surface area contributed by atoms with Crippen LogP contribution in [0.15, 0.2) is 22.1 Å². The maximum absolute atomic E-state index is 11.6. The van der Waals surface area contributed by atoms with Gasteiger partial charge in [0.05, 0.1) is 24.4 Å². The first kappa shape index (κ1) is 14.9. The molecule has 2 aromatic rings. The van der Waals surface area contributed by atoms with E-state index in [2.05, 4.69) is 31.2 Å². The number of anilines is 1. The normalized spacial score (nSPS) is 10.3. The molecule has 0 atom stereocenters. The van der Waals surface area contributed by atoms with Gasteiger partial charge in [0.15, 0.2) is 0 Å². The molecule has 0 aliphatic rings. The summed E-state index contributed by atoms with van der Waals surface area (Å²) in [5.41, 5.74) is 1.00. The zero-order chi connectivity index (χ0) is 14.5. The molecule has 0 bridgehead atoms. The molecule has 0 unspecified atom stereocenters. The molecular weight excluding hydrogens is 342 g/mol. The summed E-state index contributed by atoms with van der Waals surface area (Å²) < 4.78 is 6.00. The lowest BCUT2D eigenvalue weighted by Gasteiger charge is -2.07. The Balaban J connectivity index is 2.05. The van der Waals surface area contributed by atoms with Crippen molar-refractivity contribution in [1.29, 1.82) is 0 Å². The number of halogens is 1. The number of aryl methyl sites for hydroxylation is 1. The highest BCUT2D eigenvalue weighted by atomic mass is 79.9. The molecule has 106 valence electrons. The minimum absolute atomic E-state index is 0.338. The van der Waals surface area contributed by atoms with Gasteiger partial charge in [0.25, 0.3) is 0 Å². The quantitative estimate of drug-likeness (QED) is 0.832. The summed E-state index contributed by atoms with van der Waals surface area (Å²) in [4.78, 5) is 21.2. The molecule has 0 fully saturated rings. The van der Waals surface area contributed by atoms with Crippen LogP contribution in [0.1, 0.15) is 27.9 Å². The van der Waals surface area contributed by atoms with Crippen molar-refractivity contribution in [1.82, 2.24) is 9.97 Å². The summed E-state index contributed by atoms with van der Waals surface area (Å²) >= 11 is 5.12. The molecular formula is C13H14BrN3O2S. The number of aromatic nitrogens is 2. The Morgan fingerprint density at radius 1 is 1.55 bits per heavy atom. The molecule has 2 rings (SSSR count). The second-order valence-corrected chi connectivity index (χ2v) is 5.81. The van der Waals surface area contributed by atoms with Crippen molar-refractivity contribution in [2.75, 3.05) is 11.9 Å². The summed E-state index contributed by atoms with van der Waals surface area (Å²) in [7, 11) is 0. The van der Waals surface area contributed by atoms with Gasteiger partial charge < -0.3 is 10.1 Å². The molecule has 0 aliphatic carbocycles. The van der Waals surface area contributed by atoms with Gasteiger partial charge in [0.2, 0.25) is 5.95 Å². The molecule has 0 amide bonds. The predicted molar refractivity (Wildman–Crippen MR) is 82.1 cm³/mol. The minimum Gasteiger partial charge on any atom is -0.462 e. The first-order valence-corrected chi connectivity index (χ1v) is 7.75. The van der Waals surface area contributed by atoms with Crippen molar-refractivity contribution in [3.05, 3.63) is 38.3 Å². The maximum atomic E-state index is 11.6. The molecule has 7 heteroatoms. The molecule has 20 heavy (non-hydrogen) atoms. The van der Waals surface area contributed by atoms with E-state index < -0.39 is 5.97 Å². The van der Waals surface area contributed by atoms with Crippen molar-refractivity contribution in [3.8, 4) is 0 Å². The number of rotatable bonds is 5. The highest BCUT2D eigenvalue weighted by Crippen LogP contribution is 2.23. The second kappa shape index (κ2) is 6.81. The number of nitrogens with one attached hydrogen (secondary N) is 1. The Morgan fingerprint density at radius 2 is 2.35 bits per heavy atom. The second-order valence-electron chi connectivity index (χ2n) is 3.96. The Bertz CT molecular complexity index is 615. The van der Waals surface area contributed by atoms with Crippen LogP contribution in [0.5, 0.6) is 0 Å². The van der Waals surface area contributed by atoms with E-state index in [1.807, 2.05) is 11.4 Å². The Hall–Kier alpha value is -1.47. The molecule has 2 aromatic heterocycles. The van der Waals surface area contributed by atoms with Crippen LogP contribution in [0.25, 0.3) is 0 Å². The molecule has 1 N–H and O–H groups in total. The smallest absolute Gasteiger partial charge is 0.341 e. The molecule has 0 spiro atoms. The monoisotopic (exact) mass is 355 g/mol. The van der Waals surface area contributed by atoms with E-state index >= 15 is 0 Å². The van der Waals surface area contributed by atoms with Gasteiger partial charge in [-0.1, -0.05) is 0 Å². The van der Waals surface area contributed by atoms with E-state index in [0.717, 1.165) is 4.47 Å². The summed E-state index contributed by atoms with van der Waals surface area (Å²) in [6.07, 6.45) is 1.49. The van der Waals surface area contributed by atoms with Crippen molar-refractivity contribution in [3.63, 3.8) is 0 Å². The third-order valence-corrected chi connectivity index (χ3v) is 4.50. The molecule has 0 aliphatic heterocycles. The van der Waals surface area contributed by atoms with Gasteiger partial charge in [0, 0.05) is 15.5 Å². The minimum atomic E-state index is -0.391. The molecule has 0 saturated heterocycles. The molecule has 5 nitrogen and oxygen atoms in total. The van der Waals surface area contributed by atoms with Crippen LogP contribution in [-0.4, -0.2) is 22.5 Å². The number of carbonyl (C=O) groups excluding carboxylic acids is 1. The Morgan fingerprint density at radius 3 is 2.95 bits per heavy atom. The molecule has 0 saturated carbocycles. The van der Waals surface area contributed by atoms with E-state index in [4.69, 9.17) is 4.74 Å². The first-order valence-electron chi connectivity index (χ1n) is 6.08. The van der Waals surface area contributed by atoms with Gasteiger partial charge in [-0.05, 0) is 41.2 Å². The van der Waals surface area contributed by atoms with Crippen LogP contribution in [0.4, 0.5) is 5.95 Å².